The van der Waals surface area contributed by atoms with Crippen LogP contribution in [-0.2, 0) is 0 Å². The number of oxazole rings is 1. The minimum Gasteiger partial charge on any atom is -0.476 e. The van der Waals surface area contributed by atoms with Crippen LogP contribution in [0.2, 0.25) is 0 Å². The van der Waals surface area contributed by atoms with Gasteiger partial charge in [0.05, 0.1) is 0 Å². The van der Waals surface area contributed by atoms with Crippen LogP contribution >= 0.6 is 0 Å². The van der Waals surface area contributed by atoms with Crippen molar-refractivity contribution in [3.05, 3.63) is 23.3 Å². The third kappa shape index (κ3) is 1.61. The van der Waals surface area contributed by atoms with Gasteiger partial charge in [-0.05, 0) is 13.8 Å². The highest BCUT2D eigenvalue weighted by Crippen LogP contribution is 2.21. The summed E-state index contributed by atoms with van der Waals surface area (Å²) >= 11 is 0. The number of carboxylic acid groups (broad SMARTS) is 1. The molecule has 0 aliphatic carbocycles. The van der Waals surface area contributed by atoms with E-state index in [9.17, 15) is 4.79 Å². The zero-order valence-electron chi connectivity index (χ0n) is 8.14. The fraction of sp³-hybridized carbons (Fsp3) is 0.222. The number of hydrogen-bond acceptors (Lipinski definition) is 5. The lowest BCUT2D eigenvalue weighted by molar-refractivity contribution is 0.0689. The molecule has 2 heterocycles. The van der Waals surface area contributed by atoms with E-state index in [-0.39, 0.29) is 17.3 Å². The van der Waals surface area contributed by atoms with E-state index in [1.807, 2.05) is 0 Å². The molecule has 2 aromatic rings. The van der Waals surface area contributed by atoms with Gasteiger partial charge >= 0.3 is 5.97 Å². The van der Waals surface area contributed by atoms with Crippen LogP contribution in [0.15, 0.2) is 15.0 Å². The van der Waals surface area contributed by atoms with Gasteiger partial charge in [0.15, 0.2) is 11.4 Å². The molecule has 0 spiro atoms. The molecule has 0 saturated heterocycles. The van der Waals surface area contributed by atoms with E-state index in [0.29, 0.717) is 11.5 Å². The molecule has 1 N–H and O–H groups in total. The van der Waals surface area contributed by atoms with Crippen molar-refractivity contribution in [2.75, 3.05) is 0 Å². The number of carboxylic acids is 1. The van der Waals surface area contributed by atoms with Crippen LogP contribution in [0.4, 0.5) is 0 Å². The first kappa shape index (κ1) is 9.45. The van der Waals surface area contributed by atoms with Crippen molar-refractivity contribution in [3.63, 3.8) is 0 Å². The lowest BCUT2D eigenvalue weighted by Gasteiger charge is -1.82. The highest BCUT2D eigenvalue weighted by atomic mass is 16.5. The average Bonchev–Trinajstić information content (AvgIpc) is 2.71. The number of carbonyl (C=O) groups is 1. The first-order valence-electron chi connectivity index (χ1n) is 4.22. The Bertz CT molecular complexity index is 512. The smallest absolute Gasteiger partial charge is 0.358 e. The number of rotatable bonds is 2. The van der Waals surface area contributed by atoms with Crippen molar-refractivity contribution >= 4 is 5.97 Å². The first-order chi connectivity index (χ1) is 7.08. The van der Waals surface area contributed by atoms with Crippen LogP contribution in [0.25, 0.3) is 11.6 Å². The Morgan fingerprint density at radius 2 is 2.20 bits per heavy atom. The zero-order valence-corrected chi connectivity index (χ0v) is 8.14. The highest BCUT2D eigenvalue weighted by Gasteiger charge is 2.18. The summed E-state index contributed by atoms with van der Waals surface area (Å²) in [7, 11) is 0. The van der Waals surface area contributed by atoms with E-state index < -0.39 is 5.97 Å². The fourth-order valence-electron chi connectivity index (χ4n) is 1.17. The summed E-state index contributed by atoms with van der Waals surface area (Å²) in [6.45, 7) is 3.26. The quantitative estimate of drug-likeness (QED) is 0.806. The predicted molar refractivity (Wildman–Crippen MR) is 48.4 cm³/mol. The first-order valence-corrected chi connectivity index (χ1v) is 4.22. The van der Waals surface area contributed by atoms with Crippen molar-refractivity contribution in [3.8, 4) is 11.6 Å². The van der Waals surface area contributed by atoms with Crippen LogP contribution < -0.4 is 0 Å². The van der Waals surface area contributed by atoms with Crippen LogP contribution in [0, 0.1) is 13.8 Å². The number of hydrogen-bond donors (Lipinski definition) is 1. The highest BCUT2D eigenvalue weighted by molar-refractivity contribution is 5.86. The Morgan fingerprint density at radius 3 is 2.67 bits per heavy atom. The number of nitrogens with zero attached hydrogens (tertiary/aromatic N) is 2. The van der Waals surface area contributed by atoms with Crippen LogP contribution in [0.3, 0.4) is 0 Å². The molecule has 2 aromatic heterocycles. The van der Waals surface area contributed by atoms with Gasteiger partial charge < -0.3 is 14.0 Å². The van der Waals surface area contributed by atoms with Crippen molar-refractivity contribution < 1.29 is 18.8 Å². The second kappa shape index (κ2) is 3.23. The van der Waals surface area contributed by atoms with Crippen molar-refractivity contribution in [2.24, 2.45) is 0 Å². The molecule has 0 atom stereocenters. The molecule has 15 heavy (non-hydrogen) atoms. The van der Waals surface area contributed by atoms with E-state index in [2.05, 4.69) is 10.1 Å². The molecule has 0 aliphatic rings. The lowest BCUT2D eigenvalue weighted by atomic mass is 10.4. The van der Waals surface area contributed by atoms with Gasteiger partial charge in [0, 0.05) is 6.07 Å². The van der Waals surface area contributed by atoms with Gasteiger partial charge in [-0.15, -0.1) is 0 Å². The molecule has 0 bridgehead atoms. The van der Waals surface area contributed by atoms with Gasteiger partial charge in [-0.3, -0.25) is 0 Å². The SMILES string of the molecule is Cc1cc(-c2nc(C(=O)O)c(C)o2)no1. The molecule has 0 amide bonds. The van der Waals surface area contributed by atoms with E-state index >= 15 is 0 Å². The summed E-state index contributed by atoms with van der Waals surface area (Å²) in [6.07, 6.45) is 0. The molecule has 2 rings (SSSR count). The fourth-order valence-corrected chi connectivity index (χ4v) is 1.17. The van der Waals surface area contributed by atoms with Crippen LogP contribution in [0.1, 0.15) is 22.0 Å². The summed E-state index contributed by atoms with van der Waals surface area (Å²) in [5, 5.41) is 12.4. The molecule has 0 saturated carbocycles. The summed E-state index contributed by atoms with van der Waals surface area (Å²) in [5.41, 5.74) is 0.286. The van der Waals surface area contributed by atoms with Gasteiger partial charge in [-0.1, -0.05) is 5.16 Å². The van der Waals surface area contributed by atoms with E-state index in [1.165, 1.54) is 6.92 Å². The van der Waals surface area contributed by atoms with Crippen LogP contribution in [-0.4, -0.2) is 21.2 Å². The Morgan fingerprint density at radius 1 is 1.47 bits per heavy atom. The molecule has 0 radical (unpaired) electrons. The van der Waals surface area contributed by atoms with Gasteiger partial charge in [0.2, 0.25) is 5.89 Å². The standard InChI is InChI=1S/C9H8N2O4/c1-4-3-6(11-15-4)8-10-7(9(12)13)5(2)14-8/h3H,1-2H3,(H,12,13). The van der Waals surface area contributed by atoms with Crippen LogP contribution in [0.5, 0.6) is 0 Å². The molecule has 0 aliphatic heterocycles. The molecule has 78 valence electrons. The van der Waals surface area contributed by atoms with Crippen molar-refractivity contribution in [2.45, 2.75) is 13.8 Å². The Labute approximate surface area is 84.5 Å². The van der Waals surface area contributed by atoms with Gasteiger partial charge in [0.1, 0.15) is 11.5 Å². The Kier molecular flexibility index (Phi) is 2.03. The average molecular weight is 208 g/mol. The Balaban J connectivity index is 2.46. The predicted octanol–water partition coefficient (Wildman–Crippen LogP) is 1.64. The van der Waals surface area contributed by atoms with Crippen molar-refractivity contribution in [1.82, 2.24) is 10.1 Å². The van der Waals surface area contributed by atoms with E-state index in [1.54, 1.807) is 13.0 Å². The largest absolute Gasteiger partial charge is 0.476 e. The third-order valence-corrected chi connectivity index (χ3v) is 1.85. The van der Waals surface area contributed by atoms with Gasteiger partial charge in [-0.25, -0.2) is 9.78 Å². The maximum Gasteiger partial charge on any atom is 0.358 e. The summed E-state index contributed by atoms with van der Waals surface area (Å²) in [5.74, 6) is -0.111. The molecule has 0 fully saturated rings. The number of aromatic carboxylic acids is 1. The van der Waals surface area contributed by atoms with E-state index in [0.717, 1.165) is 0 Å². The maximum atomic E-state index is 10.7. The molecule has 6 nitrogen and oxygen atoms in total. The monoisotopic (exact) mass is 208 g/mol. The minimum atomic E-state index is -1.12. The third-order valence-electron chi connectivity index (χ3n) is 1.85. The van der Waals surface area contributed by atoms with Gasteiger partial charge in [-0.2, -0.15) is 0 Å². The maximum absolute atomic E-state index is 10.7. The summed E-state index contributed by atoms with van der Waals surface area (Å²) < 4.78 is 9.99. The molecule has 0 unspecified atom stereocenters. The second-order valence-electron chi connectivity index (χ2n) is 3.05. The lowest BCUT2D eigenvalue weighted by Crippen LogP contribution is -1.98. The molecule has 0 aromatic carbocycles. The van der Waals surface area contributed by atoms with Crippen molar-refractivity contribution in [1.29, 1.82) is 0 Å². The number of aryl methyl sites for hydroxylation is 2. The summed E-state index contributed by atoms with van der Waals surface area (Å²) in [6, 6.07) is 1.62. The topological polar surface area (TPSA) is 89.4 Å². The molecular formula is C9H8N2O4. The molecular weight excluding hydrogens is 200 g/mol. The normalized spacial score (nSPS) is 10.5. The second-order valence-corrected chi connectivity index (χ2v) is 3.05. The number of aromatic nitrogens is 2. The Hall–Kier alpha value is -2.11. The van der Waals surface area contributed by atoms with E-state index in [4.69, 9.17) is 14.0 Å². The molecule has 6 heteroatoms. The minimum absolute atomic E-state index is 0.106. The zero-order chi connectivity index (χ0) is 11.0. The summed E-state index contributed by atoms with van der Waals surface area (Å²) in [4.78, 5) is 14.5. The van der Waals surface area contributed by atoms with Gasteiger partial charge in [0.25, 0.3) is 0 Å².